The van der Waals surface area contributed by atoms with Crippen molar-refractivity contribution in [3.05, 3.63) is 94.1 Å². The minimum absolute atomic E-state index is 0.0000218. The molecule has 1 aliphatic heterocycles. The van der Waals surface area contributed by atoms with Gasteiger partial charge in [-0.3, -0.25) is 14.5 Å². The number of para-hydroxylation sites is 2. The lowest BCUT2D eigenvalue weighted by Gasteiger charge is -2.32. The lowest BCUT2D eigenvalue weighted by molar-refractivity contribution is -0.121. The Morgan fingerprint density at radius 3 is 2.12 bits per heavy atom. The molecule has 5 rings (SSSR count). The van der Waals surface area contributed by atoms with Crippen LogP contribution in [0.3, 0.4) is 0 Å². The first-order valence-electron chi connectivity index (χ1n) is 11.8. The topological polar surface area (TPSA) is 57.6 Å². The quantitative estimate of drug-likeness (QED) is 0.455. The molecule has 1 fully saturated rings. The molecule has 4 aromatic rings. The summed E-state index contributed by atoms with van der Waals surface area (Å²) in [5, 5.41) is 4.33. The highest BCUT2D eigenvalue weighted by molar-refractivity contribution is 5.94. The number of likely N-dealkylation sites (N-methyl/N-ethyl adjacent to an activating group) is 1. The number of amides is 1. The molecule has 0 spiro atoms. The van der Waals surface area contributed by atoms with Gasteiger partial charge in [-0.15, -0.1) is 0 Å². The number of piperazine rings is 1. The van der Waals surface area contributed by atoms with Gasteiger partial charge in [0.1, 0.15) is 6.54 Å². The maximum absolute atomic E-state index is 13.0. The van der Waals surface area contributed by atoms with Crippen LogP contribution >= 0.6 is 0 Å². The molecule has 0 atom stereocenters. The van der Waals surface area contributed by atoms with Crippen molar-refractivity contribution in [2.75, 3.05) is 33.2 Å². The van der Waals surface area contributed by atoms with Crippen LogP contribution in [0.4, 0.5) is 0 Å². The third-order valence-corrected chi connectivity index (χ3v) is 6.66. The van der Waals surface area contributed by atoms with Gasteiger partial charge in [0.15, 0.2) is 5.43 Å². The predicted molar refractivity (Wildman–Crippen MR) is 137 cm³/mol. The number of hydrogen-bond acceptors (Lipinski definition) is 4. The van der Waals surface area contributed by atoms with Crippen LogP contribution in [-0.2, 0) is 24.4 Å². The summed E-state index contributed by atoms with van der Waals surface area (Å²) in [5.74, 6) is -0.0802. The Bertz CT molecular complexity index is 1330. The van der Waals surface area contributed by atoms with Crippen LogP contribution in [0.5, 0.6) is 0 Å². The number of nitrogens with zero attached hydrogens (tertiary/aromatic N) is 3. The van der Waals surface area contributed by atoms with E-state index < -0.39 is 0 Å². The Morgan fingerprint density at radius 1 is 0.824 bits per heavy atom. The van der Waals surface area contributed by atoms with E-state index in [4.69, 9.17) is 0 Å². The van der Waals surface area contributed by atoms with Gasteiger partial charge >= 0.3 is 0 Å². The molecule has 0 bridgehead atoms. The van der Waals surface area contributed by atoms with Crippen LogP contribution in [-0.4, -0.2) is 53.5 Å². The second-order valence-corrected chi connectivity index (χ2v) is 9.13. The summed E-state index contributed by atoms with van der Waals surface area (Å²) in [5.41, 5.74) is 3.91. The fourth-order valence-corrected chi connectivity index (χ4v) is 4.75. The zero-order valence-corrected chi connectivity index (χ0v) is 19.5. The molecule has 1 N–H and O–H groups in total. The zero-order chi connectivity index (χ0) is 23.5. The van der Waals surface area contributed by atoms with Gasteiger partial charge in [0, 0.05) is 50.0 Å². The lowest BCUT2D eigenvalue weighted by Crippen LogP contribution is -2.43. The number of rotatable bonds is 6. The maximum atomic E-state index is 13.0. The van der Waals surface area contributed by atoms with Gasteiger partial charge in [-0.25, -0.2) is 0 Å². The van der Waals surface area contributed by atoms with Crippen LogP contribution in [0.15, 0.2) is 77.6 Å². The average molecular weight is 455 g/mol. The van der Waals surface area contributed by atoms with Crippen LogP contribution in [0.1, 0.15) is 11.1 Å². The van der Waals surface area contributed by atoms with Crippen LogP contribution < -0.4 is 10.7 Å². The lowest BCUT2D eigenvalue weighted by atomic mass is 10.1. The first-order valence-corrected chi connectivity index (χ1v) is 11.8. The van der Waals surface area contributed by atoms with Gasteiger partial charge in [-0.05, 0) is 42.4 Å². The third-order valence-electron chi connectivity index (χ3n) is 6.66. The summed E-state index contributed by atoms with van der Waals surface area (Å²) in [4.78, 5) is 30.7. The fourth-order valence-electron chi connectivity index (χ4n) is 4.75. The smallest absolute Gasteiger partial charge is 0.240 e. The number of fused-ring (bicyclic) bond motifs is 2. The van der Waals surface area contributed by atoms with Crippen molar-refractivity contribution in [3.8, 4) is 0 Å². The molecular formula is C28H30N4O2. The molecule has 6 nitrogen and oxygen atoms in total. The van der Waals surface area contributed by atoms with E-state index in [-0.39, 0.29) is 17.9 Å². The van der Waals surface area contributed by atoms with E-state index in [1.54, 1.807) is 0 Å². The normalized spacial score (nSPS) is 15.1. The second kappa shape index (κ2) is 9.79. The minimum atomic E-state index is -0.0802. The standard InChI is InChI=1S/C28H30N4O2/c1-30-13-15-31(16-14-30)19-22-8-6-7-21(17-22)18-29-27(33)20-32-25-11-4-2-9-23(25)28(34)24-10-3-5-12-26(24)32/h2-12,17H,13-16,18-20H2,1H3,(H,29,33). The number of hydrogen-bond donors (Lipinski definition) is 1. The van der Waals surface area contributed by atoms with E-state index in [9.17, 15) is 9.59 Å². The van der Waals surface area contributed by atoms with Crippen molar-refractivity contribution in [1.29, 1.82) is 0 Å². The average Bonchev–Trinajstić information content (AvgIpc) is 2.87. The highest BCUT2D eigenvalue weighted by atomic mass is 16.2. The van der Waals surface area contributed by atoms with Crippen LogP contribution in [0.2, 0.25) is 0 Å². The maximum Gasteiger partial charge on any atom is 0.240 e. The molecule has 34 heavy (non-hydrogen) atoms. The van der Waals surface area contributed by atoms with E-state index in [2.05, 4.69) is 46.4 Å². The molecule has 1 aliphatic rings. The SMILES string of the molecule is CN1CCN(Cc2cccc(CNC(=O)Cn3c4ccccc4c(=O)c4ccccc43)c2)CC1. The largest absolute Gasteiger partial charge is 0.350 e. The van der Waals surface area contributed by atoms with Crippen molar-refractivity contribution < 1.29 is 4.79 Å². The number of aromatic nitrogens is 1. The van der Waals surface area contributed by atoms with Gasteiger partial charge in [-0.2, -0.15) is 0 Å². The first-order chi connectivity index (χ1) is 16.6. The molecule has 1 aromatic heterocycles. The molecule has 0 aliphatic carbocycles. The first kappa shape index (κ1) is 22.3. The summed E-state index contributed by atoms with van der Waals surface area (Å²) in [6, 6.07) is 23.4. The minimum Gasteiger partial charge on any atom is -0.350 e. The molecule has 3 aromatic carbocycles. The van der Waals surface area contributed by atoms with Gasteiger partial charge in [-0.1, -0.05) is 48.5 Å². The van der Waals surface area contributed by atoms with Crippen LogP contribution in [0, 0.1) is 0 Å². The van der Waals surface area contributed by atoms with E-state index >= 15 is 0 Å². The molecule has 2 heterocycles. The van der Waals surface area contributed by atoms with E-state index in [0.717, 1.165) is 49.3 Å². The molecule has 174 valence electrons. The molecule has 1 saturated heterocycles. The molecule has 0 saturated carbocycles. The monoisotopic (exact) mass is 454 g/mol. The number of carbonyl (C=O) groups is 1. The Hall–Kier alpha value is -3.48. The van der Waals surface area contributed by atoms with Crippen molar-refractivity contribution >= 4 is 27.7 Å². The third kappa shape index (κ3) is 4.74. The summed E-state index contributed by atoms with van der Waals surface area (Å²) in [6.45, 7) is 5.93. The fraction of sp³-hybridized carbons (Fsp3) is 0.286. The van der Waals surface area contributed by atoms with Crippen molar-refractivity contribution in [2.24, 2.45) is 0 Å². The van der Waals surface area contributed by atoms with Crippen molar-refractivity contribution in [2.45, 2.75) is 19.6 Å². The Kier molecular flexibility index (Phi) is 6.43. The predicted octanol–water partition coefficient (Wildman–Crippen LogP) is 3.22. The van der Waals surface area contributed by atoms with E-state index in [1.807, 2.05) is 53.1 Å². The number of pyridine rings is 1. The molecular weight excluding hydrogens is 424 g/mol. The molecule has 0 unspecified atom stereocenters. The number of nitrogens with one attached hydrogen (secondary N) is 1. The Balaban J connectivity index is 1.30. The zero-order valence-electron chi connectivity index (χ0n) is 19.5. The highest BCUT2D eigenvalue weighted by Gasteiger charge is 2.15. The summed E-state index contributed by atoms with van der Waals surface area (Å²) < 4.78 is 1.94. The van der Waals surface area contributed by atoms with Gasteiger partial charge in [0.25, 0.3) is 0 Å². The molecule has 0 radical (unpaired) electrons. The van der Waals surface area contributed by atoms with Crippen molar-refractivity contribution in [1.82, 2.24) is 19.7 Å². The molecule has 6 heteroatoms. The molecule has 1 amide bonds. The second-order valence-electron chi connectivity index (χ2n) is 9.13. The van der Waals surface area contributed by atoms with E-state index in [1.165, 1.54) is 5.56 Å². The Morgan fingerprint density at radius 2 is 1.44 bits per heavy atom. The van der Waals surface area contributed by atoms with Gasteiger partial charge in [0.2, 0.25) is 5.91 Å². The van der Waals surface area contributed by atoms with Gasteiger partial charge in [0.05, 0.1) is 11.0 Å². The number of benzene rings is 3. The highest BCUT2D eigenvalue weighted by Crippen LogP contribution is 2.19. The summed E-state index contributed by atoms with van der Waals surface area (Å²) >= 11 is 0. The number of carbonyl (C=O) groups excluding carboxylic acids is 1. The van der Waals surface area contributed by atoms with Crippen LogP contribution in [0.25, 0.3) is 21.8 Å². The summed E-state index contributed by atoms with van der Waals surface area (Å²) in [6.07, 6.45) is 0. The van der Waals surface area contributed by atoms with Crippen molar-refractivity contribution in [3.63, 3.8) is 0 Å². The van der Waals surface area contributed by atoms with E-state index in [0.29, 0.717) is 17.3 Å². The van der Waals surface area contributed by atoms with Gasteiger partial charge < -0.3 is 14.8 Å². The summed E-state index contributed by atoms with van der Waals surface area (Å²) in [7, 11) is 2.17. The Labute approximate surface area is 199 Å².